The van der Waals surface area contributed by atoms with Gasteiger partial charge in [-0.3, -0.25) is 67.1 Å². The smallest absolute Gasteiger partial charge is 0.221 e. The van der Waals surface area contributed by atoms with Crippen LogP contribution in [0.3, 0.4) is 0 Å². The van der Waals surface area contributed by atoms with Gasteiger partial charge in [0, 0.05) is 273 Å². The fourth-order valence-electron chi connectivity index (χ4n) is 12.9. The number of nitrogens with two attached hydrogens (primary N) is 8. The molecule has 0 saturated heterocycles. The Labute approximate surface area is 762 Å². The van der Waals surface area contributed by atoms with Crippen LogP contribution >= 0.6 is 0 Å². The summed E-state index contributed by atoms with van der Waals surface area (Å²) in [6.45, 7) is 18.0. The second kappa shape index (κ2) is 85.7. The summed E-state index contributed by atoms with van der Waals surface area (Å²) in [5.41, 5.74) is 44.8. The minimum absolute atomic E-state index is 0.114. The first-order valence-corrected chi connectivity index (χ1v) is 47.3. The van der Waals surface area contributed by atoms with E-state index in [4.69, 9.17) is 45.9 Å². The summed E-state index contributed by atoms with van der Waals surface area (Å²) >= 11 is 0. The van der Waals surface area contributed by atoms with Gasteiger partial charge in [-0.25, -0.2) is 0 Å². The number of rotatable bonds is 90. The lowest BCUT2D eigenvalue weighted by molar-refractivity contribution is -0.123. The van der Waals surface area contributed by atoms with Crippen LogP contribution in [0.2, 0.25) is 0 Å². The maximum absolute atomic E-state index is 13.4. The maximum Gasteiger partial charge on any atom is 0.221 e. The molecule has 43 heteroatoms. The predicted molar refractivity (Wildman–Crippen MR) is 500 cm³/mol. The van der Waals surface area contributed by atoms with Gasteiger partial charge in [0.15, 0.2) is 0 Å². The topological polar surface area (TPSA) is 638 Å². The SMILES string of the molecule is CN(CCC(=O)NCCCN(CCC(=O)NCCCN(CCC(=O)NCCCN)CCC(=O)NCCCN)CCC(=O)NCCCN(CCC(=O)NCCCN)CCC(=O)NCCCN)CCC(=O)NCCCN(CCC(=O)NCCCN(CCC(=O)NCCCN)CCC(=O)NCCCN)CCC(=O)NCCCN(CCC(=O)NCCCN)CCC(=O)NCCCN. The highest BCUT2D eigenvalue weighted by molar-refractivity contribution is 5.81. The van der Waals surface area contributed by atoms with Crippen LogP contribution in [0.1, 0.15) is 180 Å². The number of nitrogens with zero attached hydrogens (tertiary/aromatic N) is 7. The Bertz CT molecular complexity index is 2510. The molecule has 0 spiro atoms. The summed E-state index contributed by atoms with van der Waals surface area (Å²) in [7, 11) is 1.83. The minimum atomic E-state index is -0.195. The molecule has 0 radical (unpaired) electrons. The Balaban J connectivity index is 6.01. The van der Waals surface area contributed by atoms with E-state index in [1.165, 1.54) is 0 Å². The van der Waals surface area contributed by atoms with E-state index >= 15 is 0 Å². The van der Waals surface area contributed by atoms with Crippen molar-refractivity contribution in [1.29, 1.82) is 0 Å². The van der Waals surface area contributed by atoms with Gasteiger partial charge in [-0.1, -0.05) is 0 Å². The molecule has 0 rings (SSSR count). The Morgan fingerprint density at radius 2 is 0.242 bits per heavy atom. The first-order valence-electron chi connectivity index (χ1n) is 47.3. The molecule has 0 aliphatic heterocycles. The third-order valence-corrected chi connectivity index (χ3v) is 20.8. The first kappa shape index (κ1) is 120. The summed E-state index contributed by atoms with van der Waals surface area (Å²) in [6, 6.07) is 0. The van der Waals surface area contributed by atoms with Crippen LogP contribution in [0, 0.1) is 0 Å². The highest BCUT2D eigenvalue weighted by atomic mass is 16.2. The molecule has 0 aliphatic rings. The molecular weight excluding hydrogens is 1650 g/mol. The van der Waals surface area contributed by atoms with Crippen LogP contribution in [-0.4, -0.2) is 399 Å². The van der Waals surface area contributed by atoms with E-state index in [0.717, 1.165) is 0 Å². The molecule has 0 aromatic carbocycles. The molecule has 0 fully saturated rings. The fraction of sp³-hybridized carbons (Fsp3) is 0.835. The van der Waals surface area contributed by atoms with Crippen molar-refractivity contribution in [2.75, 3.05) is 282 Å². The zero-order chi connectivity index (χ0) is 94.5. The summed E-state index contributed by atoms with van der Waals surface area (Å²) < 4.78 is 0. The van der Waals surface area contributed by atoms with Gasteiger partial charge >= 0.3 is 0 Å². The number of carbonyl (C=O) groups is 14. The number of hydrogen-bond acceptors (Lipinski definition) is 29. The lowest BCUT2D eigenvalue weighted by Crippen LogP contribution is -2.38. The van der Waals surface area contributed by atoms with Gasteiger partial charge in [0.2, 0.25) is 82.7 Å². The number of hydrogen-bond donors (Lipinski definition) is 22. The highest BCUT2D eigenvalue weighted by Crippen LogP contribution is 2.07. The third-order valence-electron chi connectivity index (χ3n) is 20.8. The lowest BCUT2D eigenvalue weighted by atomic mass is 10.2. The molecular formula is C85H173N29O14. The molecule has 0 aromatic rings. The summed E-state index contributed by atoms with van der Waals surface area (Å²) in [6.07, 6.45) is 11.3. The summed E-state index contributed by atoms with van der Waals surface area (Å²) in [4.78, 5) is 195. The predicted octanol–water partition coefficient (Wildman–Crippen LogP) is -7.05. The van der Waals surface area contributed by atoms with Gasteiger partial charge in [0.25, 0.3) is 0 Å². The molecule has 0 heterocycles. The normalized spacial score (nSPS) is 11.3. The van der Waals surface area contributed by atoms with E-state index in [2.05, 4.69) is 74.4 Å². The number of carbonyl (C=O) groups excluding carboxylic acids is 14. The molecule has 0 aromatic heterocycles. The van der Waals surface area contributed by atoms with E-state index < -0.39 is 0 Å². The van der Waals surface area contributed by atoms with Crippen molar-refractivity contribution in [2.45, 2.75) is 180 Å². The van der Waals surface area contributed by atoms with Gasteiger partial charge in [-0.2, -0.15) is 0 Å². The second-order valence-electron chi connectivity index (χ2n) is 32.0. The average molecular weight is 1830 g/mol. The maximum atomic E-state index is 13.4. The van der Waals surface area contributed by atoms with E-state index in [1.807, 2.05) is 41.3 Å². The average Bonchev–Trinajstić information content (AvgIpc) is 0.955. The van der Waals surface area contributed by atoms with Gasteiger partial charge in [0.1, 0.15) is 0 Å². The van der Waals surface area contributed by atoms with Crippen molar-refractivity contribution in [3.63, 3.8) is 0 Å². The zero-order valence-electron chi connectivity index (χ0n) is 78.0. The van der Waals surface area contributed by atoms with Crippen LogP contribution in [-0.2, 0) is 67.1 Å². The van der Waals surface area contributed by atoms with E-state index in [0.29, 0.717) is 365 Å². The van der Waals surface area contributed by atoms with Crippen molar-refractivity contribution < 1.29 is 67.1 Å². The van der Waals surface area contributed by atoms with Crippen molar-refractivity contribution in [2.24, 2.45) is 45.9 Å². The second-order valence-corrected chi connectivity index (χ2v) is 32.0. The Morgan fingerprint density at radius 1 is 0.148 bits per heavy atom. The monoisotopic (exact) mass is 1820 g/mol. The van der Waals surface area contributed by atoms with Crippen molar-refractivity contribution in [1.82, 2.24) is 109 Å². The molecule has 14 amide bonds. The summed E-state index contributed by atoms with van der Waals surface area (Å²) in [5, 5.41) is 40.9. The van der Waals surface area contributed by atoms with E-state index in [1.54, 1.807) is 0 Å². The zero-order valence-corrected chi connectivity index (χ0v) is 78.0. The van der Waals surface area contributed by atoms with Crippen LogP contribution in [0.5, 0.6) is 0 Å². The lowest BCUT2D eigenvalue weighted by Gasteiger charge is -2.23. The van der Waals surface area contributed by atoms with Crippen LogP contribution < -0.4 is 120 Å². The molecule has 742 valence electrons. The van der Waals surface area contributed by atoms with E-state index in [-0.39, 0.29) is 173 Å². The third kappa shape index (κ3) is 77.9. The quantitative estimate of drug-likeness (QED) is 0.0252. The van der Waals surface area contributed by atoms with Crippen molar-refractivity contribution >= 4 is 82.7 Å². The van der Waals surface area contributed by atoms with Crippen LogP contribution in [0.4, 0.5) is 0 Å². The van der Waals surface area contributed by atoms with E-state index in [9.17, 15) is 67.1 Å². The Kier molecular flexibility index (Phi) is 80.4. The van der Waals surface area contributed by atoms with Crippen LogP contribution in [0.25, 0.3) is 0 Å². The Morgan fingerprint density at radius 3 is 0.344 bits per heavy atom. The molecule has 0 unspecified atom stereocenters. The highest BCUT2D eigenvalue weighted by Gasteiger charge is 2.20. The first-order chi connectivity index (χ1) is 61.9. The molecule has 30 N–H and O–H groups in total. The van der Waals surface area contributed by atoms with Crippen LogP contribution in [0.15, 0.2) is 0 Å². The van der Waals surface area contributed by atoms with Gasteiger partial charge in [0.05, 0.1) is 0 Å². The molecule has 0 bridgehead atoms. The van der Waals surface area contributed by atoms with Crippen molar-refractivity contribution in [3.05, 3.63) is 0 Å². The van der Waals surface area contributed by atoms with Crippen molar-refractivity contribution in [3.8, 4) is 0 Å². The molecule has 43 nitrogen and oxygen atoms in total. The summed E-state index contributed by atoms with van der Waals surface area (Å²) in [5.74, 6) is -2.07. The van der Waals surface area contributed by atoms with Gasteiger partial charge < -0.3 is 155 Å². The molecule has 128 heavy (non-hydrogen) atoms. The fourth-order valence-corrected chi connectivity index (χ4v) is 12.9. The Hall–Kier alpha value is -8.02. The molecule has 0 saturated carbocycles. The number of nitrogens with one attached hydrogen (secondary N) is 14. The van der Waals surface area contributed by atoms with Gasteiger partial charge in [-0.05, 0) is 189 Å². The minimum Gasteiger partial charge on any atom is -0.356 e. The van der Waals surface area contributed by atoms with Gasteiger partial charge in [-0.15, -0.1) is 0 Å². The standard InChI is InChI=1S/C85H173N29O14/c1-108(58-16-72(115)102-46-10-52-113(68-26-82(125)104-48-12-54-109(60-18-74(117)94-38-2-30-86)61-19-75(118)95-39-3-31-87)69-27-83(126)105-49-13-55-110(62-20-76(119)96-40-4-32-88)63-21-77(120)97-41-5-33-89)59-17-73(116)103-47-11-53-114(70-28-84(127)106-50-14-56-111(64-22-78(121)98-42-6-34-90)65-23-79(122)99-43-7-35-91)71-29-85(128)107-51-15-57-112(66-24-80(123)100-44-8-36-92)67-25-81(124)101-45-9-37-93/h2-71,86-93H2,1H3,(H,94,117)(H,95,118)(H,96,119)(H,97,120)(H,98,121)(H,99,122)(H,100,123)(H,101,124)(H,102,115)(H,103,116)(H,104,125)(H,105,126)(H,106,127)(H,107,128). The largest absolute Gasteiger partial charge is 0.356 e. The molecule has 0 atom stereocenters. The number of amides is 14. The molecule has 0 aliphatic carbocycles.